The van der Waals surface area contributed by atoms with Crippen molar-refractivity contribution in [1.29, 1.82) is 0 Å². The number of nitro groups is 1. The third-order valence-corrected chi connectivity index (χ3v) is 3.13. The van der Waals surface area contributed by atoms with Gasteiger partial charge < -0.3 is 5.32 Å². The molecular formula is C11H15FN2O2S. The van der Waals surface area contributed by atoms with Crippen molar-refractivity contribution in [2.24, 2.45) is 0 Å². The molecule has 0 heterocycles. The van der Waals surface area contributed by atoms with Gasteiger partial charge >= 0.3 is 0 Å². The Kier molecular flexibility index (Phi) is 5.76. The minimum absolute atomic E-state index is 0.227. The maximum absolute atomic E-state index is 13.4. The zero-order valence-electron chi connectivity index (χ0n) is 9.61. The quantitative estimate of drug-likeness (QED) is 0.463. The van der Waals surface area contributed by atoms with Crippen molar-refractivity contribution in [2.75, 3.05) is 23.4 Å². The summed E-state index contributed by atoms with van der Waals surface area (Å²) in [4.78, 5) is 9.81. The van der Waals surface area contributed by atoms with E-state index in [0.717, 1.165) is 24.0 Å². The van der Waals surface area contributed by atoms with Gasteiger partial charge in [0.15, 0.2) is 5.82 Å². The molecule has 0 amide bonds. The predicted octanol–water partition coefficient (Wildman–Crippen LogP) is 3.29. The number of benzene rings is 1. The first-order valence-electron chi connectivity index (χ1n) is 5.40. The normalized spacial score (nSPS) is 10.2. The minimum Gasteiger partial charge on any atom is -0.383 e. The summed E-state index contributed by atoms with van der Waals surface area (Å²) < 4.78 is 13.4. The molecule has 17 heavy (non-hydrogen) atoms. The highest BCUT2D eigenvalue weighted by Crippen LogP contribution is 2.20. The molecule has 0 unspecified atom stereocenters. The first kappa shape index (κ1) is 13.8. The molecule has 6 heteroatoms. The lowest BCUT2D eigenvalue weighted by Crippen LogP contribution is -2.04. The summed E-state index contributed by atoms with van der Waals surface area (Å²) in [5.41, 5.74) is 0.0895. The van der Waals surface area contributed by atoms with E-state index in [4.69, 9.17) is 0 Å². The van der Waals surface area contributed by atoms with Crippen molar-refractivity contribution >= 4 is 23.1 Å². The van der Waals surface area contributed by atoms with E-state index in [1.807, 2.05) is 11.8 Å². The third kappa shape index (κ3) is 4.60. The molecule has 1 aromatic rings. The summed E-state index contributed by atoms with van der Waals surface area (Å²) in [5.74, 6) is 1.52. The van der Waals surface area contributed by atoms with Crippen molar-refractivity contribution in [1.82, 2.24) is 0 Å². The van der Waals surface area contributed by atoms with Gasteiger partial charge in [-0.05, 0) is 24.0 Å². The summed E-state index contributed by atoms with van der Waals surface area (Å²) in [6.07, 6.45) is 0.939. The maximum atomic E-state index is 13.4. The number of hydrogen-bond acceptors (Lipinski definition) is 4. The highest BCUT2D eigenvalue weighted by molar-refractivity contribution is 7.99. The number of halogens is 1. The van der Waals surface area contributed by atoms with Crippen LogP contribution < -0.4 is 5.32 Å². The van der Waals surface area contributed by atoms with Gasteiger partial charge in [-0.1, -0.05) is 6.92 Å². The lowest BCUT2D eigenvalue weighted by atomic mass is 10.2. The number of nitrogens with zero attached hydrogens (tertiary/aromatic N) is 1. The highest BCUT2D eigenvalue weighted by atomic mass is 32.2. The van der Waals surface area contributed by atoms with Gasteiger partial charge in [-0.15, -0.1) is 0 Å². The largest absolute Gasteiger partial charge is 0.383 e. The molecule has 1 N–H and O–H groups in total. The third-order valence-electron chi connectivity index (χ3n) is 2.15. The van der Waals surface area contributed by atoms with E-state index < -0.39 is 10.7 Å². The number of nitrogens with one attached hydrogen (secondary N) is 1. The Morgan fingerprint density at radius 1 is 1.53 bits per heavy atom. The number of anilines is 1. The average molecular weight is 258 g/mol. The van der Waals surface area contributed by atoms with Crippen LogP contribution in [0.15, 0.2) is 18.2 Å². The molecule has 0 aliphatic heterocycles. The van der Waals surface area contributed by atoms with Crippen LogP contribution >= 0.6 is 11.8 Å². The number of hydrogen-bond donors (Lipinski definition) is 1. The molecule has 0 bridgehead atoms. The van der Waals surface area contributed by atoms with Gasteiger partial charge in [-0.25, -0.2) is 4.39 Å². The molecule has 0 spiro atoms. The fraction of sp³-hybridized carbons (Fsp3) is 0.455. The smallest absolute Gasteiger partial charge is 0.272 e. The van der Waals surface area contributed by atoms with Crippen LogP contribution in [0.2, 0.25) is 0 Å². The van der Waals surface area contributed by atoms with Gasteiger partial charge in [0.25, 0.3) is 5.69 Å². The van der Waals surface area contributed by atoms with E-state index in [1.165, 1.54) is 12.1 Å². The SMILES string of the molecule is CCSCCCNc1ccc([N+](=O)[O-])cc1F. The predicted molar refractivity (Wildman–Crippen MR) is 69.2 cm³/mol. The van der Waals surface area contributed by atoms with Crippen LogP contribution in [0.3, 0.4) is 0 Å². The Bertz CT molecular complexity index is 388. The first-order chi connectivity index (χ1) is 8.15. The maximum Gasteiger partial charge on any atom is 0.272 e. The summed E-state index contributed by atoms with van der Waals surface area (Å²) in [7, 11) is 0. The zero-order valence-corrected chi connectivity index (χ0v) is 10.4. The second-order valence-electron chi connectivity index (χ2n) is 3.40. The summed E-state index contributed by atoms with van der Waals surface area (Å²) in [5, 5.41) is 13.3. The number of thioether (sulfide) groups is 1. The molecular weight excluding hydrogens is 243 g/mol. The molecule has 0 aliphatic carbocycles. The van der Waals surface area contributed by atoms with E-state index >= 15 is 0 Å². The van der Waals surface area contributed by atoms with Crippen molar-refractivity contribution in [3.63, 3.8) is 0 Å². The van der Waals surface area contributed by atoms with Crippen molar-refractivity contribution in [3.05, 3.63) is 34.1 Å². The van der Waals surface area contributed by atoms with Crippen LogP contribution in [0.4, 0.5) is 15.8 Å². The molecule has 0 atom stereocenters. The average Bonchev–Trinajstić information content (AvgIpc) is 2.30. The van der Waals surface area contributed by atoms with Crippen molar-refractivity contribution in [2.45, 2.75) is 13.3 Å². The van der Waals surface area contributed by atoms with E-state index in [0.29, 0.717) is 12.2 Å². The topological polar surface area (TPSA) is 55.2 Å². The molecule has 0 aromatic heterocycles. The lowest BCUT2D eigenvalue weighted by Gasteiger charge is -2.06. The standard InChI is InChI=1S/C11H15FN2O2S/c1-2-17-7-3-6-13-11-5-4-9(14(15)16)8-10(11)12/h4-5,8,13H,2-3,6-7H2,1H3. The van der Waals surface area contributed by atoms with Gasteiger partial charge in [0, 0.05) is 12.6 Å². The Labute approximate surface area is 104 Å². The number of rotatable bonds is 7. The monoisotopic (exact) mass is 258 g/mol. The molecule has 0 saturated heterocycles. The number of non-ortho nitro benzene ring substituents is 1. The number of nitro benzene ring substituents is 1. The van der Waals surface area contributed by atoms with Gasteiger partial charge in [0.2, 0.25) is 0 Å². The summed E-state index contributed by atoms with van der Waals surface area (Å²) >= 11 is 1.83. The van der Waals surface area contributed by atoms with Gasteiger partial charge in [-0.2, -0.15) is 11.8 Å². The molecule has 1 aromatic carbocycles. The minimum atomic E-state index is -0.606. The first-order valence-corrected chi connectivity index (χ1v) is 6.56. The van der Waals surface area contributed by atoms with Crippen molar-refractivity contribution in [3.8, 4) is 0 Å². The fourth-order valence-corrected chi connectivity index (χ4v) is 1.94. The zero-order chi connectivity index (χ0) is 12.7. The Morgan fingerprint density at radius 3 is 2.88 bits per heavy atom. The Hall–Kier alpha value is -1.30. The van der Waals surface area contributed by atoms with E-state index in [9.17, 15) is 14.5 Å². The van der Waals surface area contributed by atoms with Gasteiger partial charge in [-0.3, -0.25) is 10.1 Å². The fourth-order valence-electron chi connectivity index (χ4n) is 1.30. The molecule has 94 valence electrons. The molecule has 0 radical (unpaired) electrons. The van der Waals surface area contributed by atoms with Crippen LogP contribution in [0, 0.1) is 15.9 Å². The molecule has 0 aliphatic rings. The van der Waals surface area contributed by atoms with Crippen LogP contribution in [0.25, 0.3) is 0 Å². The van der Waals surface area contributed by atoms with Crippen LogP contribution in [-0.2, 0) is 0 Å². The van der Waals surface area contributed by atoms with Crippen LogP contribution in [0.1, 0.15) is 13.3 Å². The molecule has 4 nitrogen and oxygen atoms in total. The molecule has 1 rings (SSSR count). The molecule has 0 saturated carbocycles. The van der Waals surface area contributed by atoms with Crippen LogP contribution in [-0.4, -0.2) is 23.0 Å². The summed E-state index contributed by atoms with van der Waals surface area (Å²) in [6, 6.07) is 3.63. The second-order valence-corrected chi connectivity index (χ2v) is 4.79. The van der Waals surface area contributed by atoms with E-state index in [1.54, 1.807) is 0 Å². The Balaban J connectivity index is 2.46. The molecule has 0 fully saturated rings. The van der Waals surface area contributed by atoms with E-state index in [-0.39, 0.29) is 5.69 Å². The summed E-state index contributed by atoms with van der Waals surface area (Å²) in [6.45, 7) is 2.76. The Morgan fingerprint density at radius 2 is 2.29 bits per heavy atom. The lowest BCUT2D eigenvalue weighted by molar-refractivity contribution is -0.385. The highest BCUT2D eigenvalue weighted by Gasteiger charge is 2.09. The van der Waals surface area contributed by atoms with E-state index in [2.05, 4.69) is 12.2 Å². The van der Waals surface area contributed by atoms with Gasteiger partial charge in [0.05, 0.1) is 16.7 Å². The second kappa shape index (κ2) is 7.11. The van der Waals surface area contributed by atoms with Gasteiger partial charge in [0.1, 0.15) is 0 Å². The van der Waals surface area contributed by atoms with Crippen molar-refractivity contribution < 1.29 is 9.31 Å². The van der Waals surface area contributed by atoms with Crippen LogP contribution in [0.5, 0.6) is 0 Å².